The largest absolute Gasteiger partial charge is 0.497 e. The van der Waals surface area contributed by atoms with Gasteiger partial charge in [-0.05, 0) is 32.4 Å². The van der Waals surface area contributed by atoms with E-state index in [1.807, 2.05) is 45.0 Å². The van der Waals surface area contributed by atoms with Gasteiger partial charge < -0.3 is 15.4 Å². The van der Waals surface area contributed by atoms with Crippen molar-refractivity contribution in [3.63, 3.8) is 0 Å². The zero-order chi connectivity index (χ0) is 13.5. The van der Waals surface area contributed by atoms with E-state index in [0.717, 1.165) is 17.9 Å². The molecular formula is C14H22N2O2. The van der Waals surface area contributed by atoms with Crippen molar-refractivity contribution in [2.75, 3.05) is 12.4 Å². The van der Waals surface area contributed by atoms with E-state index in [4.69, 9.17) is 4.74 Å². The molecule has 0 radical (unpaired) electrons. The molecule has 100 valence electrons. The molecule has 1 aromatic rings. The zero-order valence-electron chi connectivity index (χ0n) is 11.5. The van der Waals surface area contributed by atoms with Crippen LogP contribution in [0.25, 0.3) is 0 Å². The van der Waals surface area contributed by atoms with Crippen molar-refractivity contribution in [2.24, 2.45) is 0 Å². The minimum Gasteiger partial charge on any atom is -0.497 e. The number of methoxy groups -OCH3 is 1. The van der Waals surface area contributed by atoms with Crippen LogP contribution in [0.3, 0.4) is 0 Å². The van der Waals surface area contributed by atoms with E-state index in [0.29, 0.717) is 0 Å². The highest BCUT2D eigenvalue weighted by atomic mass is 16.5. The zero-order valence-corrected chi connectivity index (χ0v) is 11.5. The number of hydrogen-bond donors (Lipinski definition) is 2. The van der Waals surface area contributed by atoms with Gasteiger partial charge in [-0.3, -0.25) is 4.79 Å². The summed E-state index contributed by atoms with van der Waals surface area (Å²) < 4.78 is 5.14. The van der Waals surface area contributed by atoms with E-state index < -0.39 is 0 Å². The summed E-state index contributed by atoms with van der Waals surface area (Å²) in [5.41, 5.74) is 0.876. The average Bonchev–Trinajstić information content (AvgIpc) is 2.38. The number of amides is 1. The highest BCUT2D eigenvalue weighted by molar-refractivity contribution is 5.84. The molecule has 0 aliphatic carbocycles. The summed E-state index contributed by atoms with van der Waals surface area (Å²) in [4.78, 5) is 11.9. The Bertz CT molecular complexity index is 393. The van der Waals surface area contributed by atoms with Crippen molar-refractivity contribution in [3.8, 4) is 5.75 Å². The molecule has 1 amide bonds. The van der Waals surface area contributed by atoms with Gasteiger partial charge in [-0.25, -0.2) is 0 Å². The van der Waals surface area contributed by atoms with Crippen molar-refractivity contribution in [2.45, 2.75) is 39.3 Å². The van der Waals surface area contributed by atoms with Gasteiger partial charge in [-0.2, -0.15) is 0 Å². The van der Waals surface area contributed by atoms with Gasteiger partial charge in [0.1, 0.15) is 11.8 Å². The number of carbonyl (C=O) groups is 1. The first-order valence-corrected chi connectivity index (χ1v) is 6.27. The minimum absolute atomic E-state index is 0.00664. The summed E-state index contributed by atoms with van der Waals surface area (Å²) in [7, 11) is 1.62. The van der Waals surface area contributed by atoms with Gasteiger partial charge in [0.2, 0.25) is 5.91 Å². The molecule has 0 bridgehead atoms. The van der Waals surface area contributed by atoms with Gasteiger partial charge in [-0.1, -0.05) is 13.0 Å². The SMILES string of the molecule is CCC(C)NC(=O)C(C)Nc1cccc(OC)c1. The van der Waals surface area contributed by atoms with Gasteiger partial charge in [0, 0.05) is 17.8 Å². The van der Waals surface area contributed by atoms with Crippen molar-refractivity contribution in [3.05, 3.63) is 24.3 Å². The van der Waals surface area contributed by atoms with Gasteiger partial charge in [-0.15, -0.1) is 0 Å². The Morgan fingerprint density at radius 2 is 2.11 bits per heavy atom. The minimum atomic E-state index is -0.272. The van der Waals surface area contributed by atoms with Crippen LogP contribution in [-0.4, -0.2) is 25.1 Å². The molecular weight excluding hydrogens is 228 g/mol. The summed E-state index contributed by atoms with van der Waals surface area (Å²) in [5.74, 6) is 0.779. The molecule has 0 saturated carbocycles. The summed E-state index contributed by atoms with van der Waals surface area (Å²) in [5, 5.41) is 6.10. The molecule has 0 saturated heterocycles. The third kappa shape index (κ3) is 4.28. The second-order valence-electron chi connectivity index (χ2n) is 4.42. The van der Waals surface area contributed by atoms with Crippen molar-refractivity contribution in [1.82, 2.24) is 5.32 Å². The lowest BCUT2D eigenvalue weighted by atomic mass is 10.2. The van der Waals surface area contributed by atoms with Gasteiger partial charge in [0.15, 0.2) is 0 Å². The Morgan fingerprint density at radius 3 is 2.72 bits per heavy atom. The van der Waals surface area contributed by atoms with E-state index in [2.05, 4.69) is 10.6 Å². The first-order valence-electron chi connectivity index (χ1n) is 6.27. The Hall–Kier alpha value is -1.71. The third-order valence-corrected chi connectivity index (χ3v) is 2.85. The molecule has 2 unspecified atom stereocenters. The predicted octanol–water partition coefficient (Wildman–Crippen LogP) is 2.41. The standard InChI is InChI=1S/C14H22N2O2/c1-5-10(2)15-14(17)11(3)16-12-7-6-8-13(9-12)18-4/h6-11,16H,5H2,1-4H3,(H,15,17). The number of benzene rings is 1. The molecule has 0 spiro atoms. The molecule has 4 heteroatoms. The fourth-order valence-corrected chi connectivity index (χ4v) is 1.50. The highest BCUT2D eigenvalue weighted by Gasteiger charge is 2.14. The molecule has 18 heavy (non-hydrogen) atoms. The molecule has 0 aliphatic heterocycles. The number of ether oxygens (including phenoxy) is 1. The molecule has 0 heterocycles. The third-order valence-electron chi connectivity index (χ3n) is 2.85. The fraction of sp³-hybridized carbons (Fsp3) is 0.500. The Balaban J connectivity index is 2.57. The highest BCUT2D eigenvalue weighted by Crippen LogP contribution is 2.17. The predicted molar refractivity (Wildman–Crippen MR) is 74.0 cm³/mol. The molecule has 2 atom stereocenters. The van der Waals surface area contributed by atoms with Crippen LogP contribution < -0.4 is 15.4 Å². The fourth-order valence-electron chi connectivity index (χ4n) is 1.50. The summed E-state index contributed by atoms with van der Waals surface area (Å²) in [6.45, 7) is 5.89. The van der Waals surface area contributed by atoms with Crippen molar-refractivity contribution >= 4 is 11.6 Å². The Labute approximate surface area is 109 Å². The number of nitrogens with one attached hydrogen (secondary N) is 2. The lowest BCUT2D eigenvalue weighted by Gasteiger charge is -2.18. The number of anilines is 1. The molecule has 4 nitrogen and oxygen atoms in total. The van der Waals surface area contributed by atoms with Crippen LogP contribution in [-0.2, 0) is 4.79 Å². The Morgan fingerprint density at radius 1 is 1.39 bits per heavy atom. The van der Waals surface area contributed by atoms with E-state index in [1.54, 1.807) is 7.11 Å². The van der Waals surface area contributed by atoms with Crippen LogP contribution in [0.4, 0.5) is 5.69 Å². The maximum atomic E-state index is 11.9. The smallest absolute Gasteiger partial charge is 0.242 e. The quantitative estimate of drug-likeness (QED) is 0.815. The van der Waals surface area contributed by atoms with Crippen LogP contribution >= 0.6 is 0 Å². The van der Waals surface area contributed by atoms with Crippen molar-refractivity contribution < 1.29 is 9.53 Å². The van der Waals surface area contributed by atoms with Crippen LogP contribution in [0.5, 0.6) is 5.75 Å². The number of carbonyl (C=O) groups excluding carboxylic acids is 1. The molecule has 2 N–H and O–H groups in total. The lowest BCUT2D eigenvalue weighted by Crippen LogP contribution is -2.41. The maximum Gasteiger partial charge on any atom is 0.242 e. The van der Waals surface area contributed by atoms with Gasteiger partial charge >= 0.3 is 0 Å². The molecule has 0 aromatic heterocycles. The Kier molecular flexibility index (Phi) is 5.49. The van der Waals surface area contributed by atoms with E-state index in [-0.39, 0.29) is 18.0 Å². The lowest BCUT2D eigenvalue weighted by molar-refractivity contribution is -0.122. The molecule has 1 rings (SSSR count). The van der Waals surface area contributed by atoms with E-state index in [9.17, 15) is 4.79 Å². The first kappa shape index (κ1) is 14.4. The summed E-state index contributed by atoms with van der Waals surface area (Å²) in [6.07, 6.45) is 0.928. The first-order chi connectivity index (χ1) is 8.56. The normalized spacial score (nSPS) is 13.6. The van der Waals surface area contributed by atoms with Gasteiger partial charge in [0.25, 0.3) is 0 Å². The van der Waals surface area contributed by atoms with Crippen molar-refractivity contribution in [1.29, 1.82) is 0 Å². The second kappa shape index (κ2) is 6.89. The summed E-state index contributed by atoms with van der Waals surface area (Å²) in [6, 6.07) is 7.47. The van der Waals surface area contributed by atoms with Crippen LogP contribution in [0.15, 0.2) is 24.3 Å². The van der Waals surface area contributed by atoms with Gasteiger partial charge in [0.05, 0.1) is 7.11 Å². The number of hydrogen-bond acceptors (Lipinski definition) is 3. The molecule has 0 aliphatic rings. The van der Waals surface area contributed by atoms with Crippen LogP contribution in [0.1, 0.15) is 27.2 Å². The van der Waals surface area contributed by atoms with Crippen LogP contribution in [0.2, 0.25) is 0 Å². The summed E-state index contributed by atoms with van der Waals surface area (Å²) >= 11 is 0. The van der Waals surface area contributed by atoms with E-state index >= 15 is 0 Å². The average molecular weight is 250 g/mol. The second-order valence-corrected chi connectivity index (χ2v) is 4.42. The maximum absolute atomic E-state index is 11.9. The molecule has 1 aromatic carbocycles. The van der Waals surface area contributed by atoms with E-state index in [1.165, 1.54) is 0 Å². The number of rotatable bonds is 6. The molecule has 0 fully saturated rings. The monoisotopic (exact) mass is 250 g/mol. The van der Waals surface area contributed by atoms with Crippen LogP contribution in [0, 0.1) is 0 Å². The topological polar surface area (TPSA) is 50.4 Å².